The molecule has 0 bridgehead atoms. The summed E-state index contributed by atoms with van der Waals surface area (Å²) in [5.41, 5.74) is 1.19. The molecule has 1 aromatic carbocycles. The third-order valence-electron chi connectivity index (χ3n) is 2.69. The number of ether oxygens (including phenoxy) is 2. The first-order valence-electron chi connectivity index (χ1n) is 5.76. The Hall–Kier alpha value is -0.580. The lowest BCUT2D eigenvalue weighted by molar-refractivity contribution is 0.164. The minimum absolute atomic E-state index is 0.387. The molecule has 0 aliphatic rings. The molecule has 0 saturated heterocycles. The molecule has 3 nitrogen and oxygen atoms in total. The molecule has 96 valence electrons. The van der Waals surface area contributed by atoms with Gasteiger partial charge in [0.15, 0.2) is 0 Å². The van der Waals surface area contributed by atoms with Gasteiger partial charge in [-0.1, -0.05) is 22.9 Å². The molecule has 1 unspecified atom stereocenters. The van der Waals surface area contributed by atoms with Crippen molar-refractivity contribution in [1.29, 1.82) is 0 Å². The van der Waals surface area contributed by atoms with E-state index in [0.717, 1.165) is 29.8 Å². The third-order valence-corrected chi connectivity index (χ3v) is 3.47. The molecule has 0 radical (unpaired) electrons. The molecular weight excluding hydrogens is 282 g/mol. The lowest BCUT2D eigenvalue weighted by atomic mass is 10.2. The number of nitrogens with one attached hydrogen (secondary N) is 1. The van der Waals surface area contributed by atoms with Crippen molar-refractivity contribution in [2.24, 2.45) is 0 Å². The minimum atomic E-state index is 0.387. The van der Waals surface area contributed by atoms with Crippen molar-refractivity contribution in [3.8, 4) is 5.75 Å². The Bertz CT molecular complexity index is 344. The normalized spacial score (nSPS) is 12.5. The molecule has 0 saturated carbocycles. The second-order valence-corrected chi connectivity index (χ2v) is 4.75. The largest absolute Gasteiger partial charge is 0.497 e. The molecule has 0 spiro atoms. The van der Waals surface area contributed by atoms with Crippen LogP contribution in [0, 0.1) is 0 Å². The molecule has 1 aromatic rings. The number of benzene rings is 1. The topological polar surface area (TPSA) is 30.5 Å². The fourth-order valence-corrected chi connectivity index (χ4v) is 1.98. The molecule has 0 aromatic heterocycles. The van der Waals surface area contributed by atoms with E-state index in [1.807, 2.05) is 18.2 Å². The highest BCUT2D eigenvalue weighted by Gasteiger charge is 2.07. The van der Waals surface area contributed by atoms with Crippen LogP contribution >= 0.6 is 15.9 Å². The summed E-state index contributed by atoms with van der Waals surface area (Å²) in [5.74, 6) is 0.879. The summed E-state index contributed by atoms with van der Waals surface area (Å²) in [7, 11) is 3.41. The monoisotopic (exact) mass is 301 g/mol. The van der Waals surface area contributed by atoms with E-state index >= 15 is 0 Å². The molecule has 1 rings (SSSR count). The summed E-state index contributed by atoms with van der Waals surface area (Å²) in [4.78, 5) is 0. The van der Waals surface area contributed by atoms with Gasteiger partial charge in [0.1, 0.15) is 5.75 Å². The van der Waals surface area contributed by atoms with Crippen molar-refractivity contribution in [3.05, 3.63) is 28.2 Å². The van der Waals surface area contributed by atoms with Crippen molar-refractivity contribution in [3.63, 3.8) is 0 Å². The summed E-state index contributed by atoms with van der Waals surface area (Å²) in [6.45, 7) is 3.69. The predicted octanol–water partition coefficient (Wildman–Crippen LogP) is 2.97. The first-order valence-corrected chi connectivity index (χ1v) is 6.55. The molecule has 0 aliphatic heterocycles. The maximum atomic E-state index is 5.22. The van der Waals surface area contributed by atoms with E-state index in [2.05, 4.69) is 28.2 Å². The van der Waals surface area contributed by atoms with Crippen LogP contribution in [0.3, 0.4) is 0 Å². The van der Waals surface area contributed by atoms with Crippen LogP contribution in [0.25, 0.3) is 0 Å². The SMILES string of the molecule is CCC(COC)NCc1cc(OC)ccc1Br. The van der Waals surface area contributed by atoms with Gasteiger partial charge in [0.25, 0.3) is 0 Å². The predicted molar refractivity (Wildman–Crippen MR) is 73.5 cm³/mol. The number of rotatable bonds is 7. The van der Waals surface area contributed by atoms with Gasteiger partial charge in [-0.05, 0) is 30.2 Å². The van der Waals surface area contributed by atoms with Crippen LogP contribution in [-0.2, 0) is 11.3 Å². The maximum Gasteiger partial charge on any atom is 0.119 e. The number of methoxy groups -OCH3 is 2. The van der Waals surface area contributed by atoms with Gasteiger partial charge in [-0.3, -0.25) is 0 Å². The Kier molecular flexibility index (Phi) is 6.55. The summed E-state index contributed by atoms with van der Waals surface area (Å²) in [6.07, 6.45) is 1.05. The first kappa shape index (κ1) is 14.5. The van der Waals surface area contributed by atoms with E-state index in [4.69, 9.17) is 9.47 Å². The summed E-state index contributed by atoms with van der Waals surface area (Å²) >= 11 is 3.54. The number of hydrogen-bond acceptors (Lipinski definition) is 3. The van der Waals surface area contributed by atoms with Crippen LogP contribution in [0.15, 0.2) is 22.7 Å². The smallest absolute Gasteiger partial charge is 0.119 e. The Balaban J connectivity index is 2.60. The van der Waals surface area contributed by atoms with E-state index in [-0.39, 0.29) is 0 Å². The van der Waals surface area contributed by atoms with Gasteiger partial charge in [-0.2, -0.15) is 0 Å². The summed E-state index contributed by atoms with van der Waals surface area (Å²) in [5, 5.41) is 3.47. The Morgan fingerprint density at radius 2 is 2.12 bits per heavy atom. The van der Waals surface area contributed by atoms with Crippen LogP contribution < -0.4 is 10.1 Å². The van der Waals surface area contributed by atoms with E-state index in [9.17, 15) is 0 Å². The standard InChI is InChI=1S/C13H20BrNO2/c1-4-11(9-16-2)15-8-10-7-12(17-3)5-6-13(10)14/h5-7,11,15H,4,8-9H2,1-3H3. The fraction of sp³-hybridized carbons (Fsp3) is 0.538. The highest BCUT2D eigenvalue weighted by Crippen LogP contribution is 2.22. The minimum Gasteiger partial charge on any atom is -0.497 e. The molecule has 0 heterocycles. The molecule has 17 heavy (non-hydrogen) atoms. The van der Waals surface area contributed by atoms with Gasteiger partial charge in [0.05, 0.1) is 13.7 Å². The lowest BCUT2D eigenvalue weighted by Crippen LogP contribution is -2.32. The van der Waals surface area contributed by atoms with Gasteiger partial charge >= 0.3 is 0 Å². The van der Waals surface area contributed by atoms with Gasteiger partial charge < -0.3 is 14.8 Å². The van der Waals surface area contributed by atoms with Crippen LogP contribution in [0.5, 0.6) is 5.75 Å². The lowest BCUT2D eigenvalue weighted by Gasteiger charge is -2.16. The zero-order chi connectivity index (χ0) is 12.7. The van der Waals surface area contributed by atoms with Gasteiger partial charge in [-0.15, -0.1) is 0 Å². The average molecular weight is 302 g/mol. The molecule has 0 fully saturated rings. The maximum absolute atomic E-state index is 5.22. The highest BCUT2D eigenvalue weighted by molar-refractivity contribution is 9.10. The summed E-state index contributed by atoms with van der Waals surface area (Å²) < 4.78 is 11.5. The van der Waals surface area contributed by atoms with Gasteiger partial charge in [0, 0.05) is 24.2 Å². The van der Waals surface area contributed by atoms with Gasteiger partial charge in [-0.25, -0.2) is 0 Å². The van der Waals surface area contributed by atoms with Crippen molar-refractivity contribution < 1.29 is 9.47 Å². The van der Waals surface area contributed by atoms with E-state index in [1.165, 1.54) is 5.56 Å². The highest BCUT2D eigenvalue weighted by atomic mass is 79.9. The van der Waals surface area contributed by atoms with E-state index < -0.39 is 0 Å². The Morgan fingerprint density at radius 3 is 2.71 bits per heavy atom. The molecule has 1 atom stereocenters. The second kappa shape index (κ2) is 7.69. The van der Waals surface area contributed by atoms with Crippen LogP contribution in [-0.4, -0.2) is 26.9 Å². The molecule has 0 aliphatic carbocycles. The van der Waals surface area contributed by atoms with E-state index in [0.29, 0.717) is 6.04 Å². The van der Waals surface area contributed by atoms with Crippen LogP contribution in [0.4, 0.5) is 0 Å². The van der Waals surface area contributed by atoms with Crippen molar-refractivity contribution in [2.75, 3.05) is 20.8 Å². The van der Waals surface area contributed by atoms with Gasteiger partial charge in [0.2, 0.25) is 0 Å². The van der Waals surface area contributed by atoms with Crippen LogP contribution in [0.1, 0.15) is 18.9 Å². The zero-order valence-corrected chi connectivity index (χ0v) is 12.2. The average Bonchev–Trinajstić information content (AvgIpc) is 2.36. The second-order valence-electron chi connectivity index (χ2n) is 3.90. The molecule has 4 heteroatoms. The molecule has 0 amide bonds. The van der Waals surface area contributed by atoms with E-state index in [1.54, 1.807) is 14.2 Å². The fourth-order valence-electron chi connectivity index (χ4n) is 1.59. The summed E-state index contributed by atoms with van der Waals surface area (Å²) in [6, 6.07) is 6.38. The van der Waals surface area contributed by atoms with Crippen molar-refractivity contribution in [2.45, 2.75) is 25.9 Å². The Labute approximate surface area is 112 Å². The zero-order valence-electron chi connectivity index (χ0n) is 10.6. The van der Waals surface area contributed by atoms with Crippen molar-refractivity contribution in [1.82, 2.24) is 5.32 Å². The van der Waals surface area contributed by atoms with Crippen LogP contribution in [0.2, 0.25) is 0 Å². The Morgan fingerprint density at radius 1 is 1.35 bits per heavy atom. The third kappa shape index (κ3) is 4.66. The number of hydrogen-bond donors (Lipinski definition) is 1. The van der Waals surface area contributed by atoms with Crippen molar-refractivity contribution >= 4 is 15.9 Å². The molecule has 1 N–H and O–H groups in total. The number of halogens is 1. The molecular formula is C13H20BrNO2. The first-order chi connectivity index (χ1) is 8.21. The quantitative estimate of drug-likeness (QED) is 0.840.